The number of morpholine rings is 1. The van der Waals surface area contributed by atoms with Crippen molar-refractivity contribution >= 4 is 15.9 Å². The standard InChI is InChI=1S/C15H16BrN3O/c16-12-2-4-14(19-9-12)7-13-3-1-11(8-18-13)15-10-17-5-6-20-15/h1-4,8-9,15,17H,5-7,10H2. The highest BCUT2D eigenvalue weighted by Gasteiger charge is 2.15. The first-order chi connectivity index (χ1) is 9.81. The summed E-state index contributed by atoms with van der Waals surface area (Å²) in [6.45, 7) is 2.54. The summed E-state index contributed by atoms with van der Waals surface area (Å²) >= 11 is 3.39. The van der Waals surface area contributed by atoms with Crippen LogP contribution in [0.15, 0.2) is 41.1 Å². The van der Waals surface area contributed by atoms with Crippen LogP contribution in [0.3, 0.4) is 0 Å². The first-order valence-corrected chi connectivity index (χ1v) is 7.48. The number of ether oxygens (including phenoxy) is 1. The maximum atomic E-state index is 5.72. The van der Waals surface area contributed by atoms with E-state index in [-0.39, 0.29) is 6.10 Å². The van der Waals surface area contributed by atoms with Gasteiger partial charge in [-0.2, -0.15) is 0 Å². The number of hydrogen-bond donors (Lipinski definition) is 1. The van der Waals surface area contributed by atoms with E-state index < -0.39 is 0 Å². The number of pyridine rings is 2. The van der Waals surface area contributed by atoms with Gasteiger partial charge in [0.1, 0.15) is 0 Å². The van der Waals surface area contributed by atoms with E-state index in [1.165, 1.54) is 0 Å². The summed E-state index contributed by atoms with van der Waals surface area (Å²) in [7, 11) is 0. The normalized spacial score (nSPS) is 18.9. The molecule has 0 amide bonds. The van der Waals surface area contributed by atoms with Gasteiger partial charge < -0.3 is 10.1 Å². The molecule has 2 aromatic rings. The molecular formula is C15H16BrN3O. The van der Waals surface area contributed by atoms with Gasteiger partial charge in [0, 0.05) is 53.3 Å². The zero-order valence-electron chi connectivity index (χ0n) is 11.1. The third kappa shape index (κ3) is 3.42. The Morgan fingerprint density at radius 2 is 1.95 bits per heavy atom. The lowest BCUT2D eigenvalue weighted by Crippen LogP contribution is -2.33. The van der Waals surface area contributed by atoms with Crippen LogP contribution in [0.2, 0.25) is 0 Å². The van der Waals surface area contributed by atoms with Gasteiger partial charge in [-0.05, 0) is 34.1 Å². The van der Waals surface area contributed by atoms with Crippen LogP contribution in [0.25, 0.3) is 0 Å². The van der Waals surface area contributed by atoms with E-state index in [2.05, 4.69) is 43.3 Å². The molecule has 0 spiro atoms. The lowest BCUT2D eigenvalue weighted by Gasteiger charge is -2.23. The molecule has 4 nitrogen and oxygen atoms in total. The molecule has 0 aromatic carbocycles. The molecule has 0 bridgehead atoms. The van der Waals surface area contributed by atoms with Crippen molar-refractivity contribution in [1.29, 1.82) is 0 Å². The van der Waals surface area contributed by atoms with E-state index in [1.54, 1.807) is 0 Å². The van der Waals surface area contributed by atoms with Crippen LogP contribution in [0.5, 0.6) is 0 Å². The van der Waals surface area contributed by atoms with Crippen molar-refractivity contribution in [2.45, 2.75) is 12.5 Å². The van der Waals surface area contributed by atoms with Crippen molar-refractivity contribution in [1.82, 2.24) is 15.3 Å². The second kappa shape index (κ2) is 6.43. The van der Waals surface area contributed by atoms with Gasteiger partial charge in [0.25, 0.3) is 0 Å². The van der Waals surface area contributed by atoms with Crippen LogP contribution >= 0.6 is 15.9 Å². The Balaban J connectivity index is 1.67. The SMILES string of the molecule is Brc1ccc(Cc2ccc(C3CNCCO3)cn2)nc1. The fourth-order valence-electron chi connectivity index (χ4n) is 2.21. The van der Waals surface area contributed by atoms with Crippen molar-refractivity contribution < 1.29 is 4.74 Å². The van der Waals surface area contributed by atoms with Gasteiger partial charge in [-0.3, -0.25) is 9.97 Å². The minimum Gasteiger partial charge on any atom is -0.371 e. The smallest absolute Gasteiger partial charge is 0.0964 e. The molecule has 3 rings (SSSR count). The van der Waals surface area contributed by atoms with Gasteiger partial charge in [0.15, 0.2) is 0 Å². The second-order valence-electron chi connectivity index (χ2n) is 4.79. The maximum Gasteiger partial charge on any atom is 0.0964 e. The Bertz CT molecular complexity index is 550. The number of aromatic nitrogens is 2. The molecule has 1 fully saturated rings. The summed E-state index contributed by atoms with van der Waals surface area (Å²) in [5.74, 6) is 0. The highest BCUT2D eigenvalue weighted by atomic mass is 79.9. The molecule has 1 aliphatic heterocycles. The van der Waals surface area contributed by atoms with Crippen molar-refractivity contribution in [3.05, 3.63) is 58.1 Å². The summed E-state index contributed by atoms with van der Waals surface area (Å²) in [6.07, 6.45) is 4.59. The Hall–Kier alpha value is -1.30. The fraction of sp³-hybridized carbons (Fsp3) is 0.333. The van der Waals surface area contributed by atoms with Crippen molar-refractivity contribution in [3.63, 3.8) is 0 Å². The van der Waals surface area contributed by atoms with Crippen molar-refractivity contribution in [3.8, 4) is 0 Å². The molecule has 3 heterocycles. The highest BCUT2D eigenvalue weighted by Crippen LogP contribution is 2.18. The number of nitrogens with zero attached hydrogens (tertiary/aromatic N) is 2. The molecule has 1 aliphatic rings. The van der Waals surface area contributed by atoms with E-state index in [9.17, 15) is 0 Å². The van der Waals surface area contributed by atoms with E-state index >= 15 is 0 Å². The zero-order valence-corrected chi connectivity index (χ0v) is 12.6. The van der Waals surface area contributed by atoms with Gasteiger partial charge in [-0.25, -0.2) is 0 Å². The molecular weight excluding hydrogens is 318 g/mol. The summed E-state index contributed by atoms with van der Waals surface area (Å²) in [5, 5.41) is 3.33. The number of hydrogen-bond acceptors (Lipinski definition) is 4. The predicted molar refractivity (Wildman–Crippen MR) is 80.5 cm³/mol. The van der Waals surface area contributed by atoms with Crippen LogP contribution in [-0.4, -0.2) is 29.7 Å². The number of halogens is 1. The summed E-state index contributed by atoms with van der Waals surface area (Å²) < 4.78 is 6.71. The number of rotatable bonds is 3. The molecule has 0 radical (unpaired) electrons. The molecule has 5 heteroatoms. The van der Waals surface area contributed by atoms with Crippen LogP contribution in [-0.2, 0) is 11.2 Å². The molecule has 0 saturated carbocycles. The Morgan fingerprint density at radius 3 is 2.55 bits per heavy atom. The Kier molecular flexibility index (Phi) is 4.40. The van der Waals surface area contributed by atoms with Gasteiger partial charge in [0.2, 0.25) is 0 Å². The maximum absolute atomic E-state index is 5.72. The molecule has 1 atom stereocenters. The average Bonchev–Trinajstić information content (AvgIpc) is 2.51. The number of nitrogens with one attached hydrogen (secondary N) is 1. The zero-order chi connectivity index (χ0) is 13.8. The van der Waals surface area contributed by atoms with E-state index in [0.717, 1.165) is 47.5 Å². The quantitative estimate of drug-likeness (QED) is 0.937. The molecule has 1 unspecified atom stereocenters. The van der Waals surface area contributed by atoms with Crippen LogP contribution in [0.1, 0.15) is 23.1 Å². The first-order valence-electron chi connectivity index (χ1n) is 6.69. The minimum atomic E-state index is 0.121. The van der Waals surface area contributed by atoms with Crippen LogP contribution in [0, 0.1) is 0 Å². The summed E-state index contributed by atoms with van der Waals surface area (Å²) in [6, 6.07) is 8.15. The fourth-order valence-corrected chi connectivity index (χ4v) is 2.44. The molecule has 1 N–H and O–H groups in total. The third-order valence-corrected chi connectivity index (χ3v) is 3.77. The van der Waals surface area contributed by atoms with Gasteiger partial charge >= 0.3 is 0 Å². The Morgan fingerprint density at radius 1 is 1.15 bits per heavy atom. The summed E-state index contributed by atoms with van der Waals surface area (Å²) in [4.78, 5) is 8.88. The lowest BCUT2D eigenvalue weighted by atomic mass is 10.1. The van der Waals surface area contributed by atoms with Crippen molar-refractivity contribution in [2.24, 2.45) is 0 Å². The van der Waals surface area contributed by atoms with E-state index in [4.69, 9.17) is 4.74 Å². The molecule has 2 aromatic heterocycles. The topological polar surface area (TPSA) is 47.0 Å². The van der Waals surface area contributed by atoms with Crippen LogP contribution < -0.4 is 5.32 Å². The van der Waals surface area contributed by atoms with E-state index in [0.29, 0.717) is 0 Å². The minimum absolute atomic E-state index is 0.121. The van der Waals surface area contributed by atoms with Gasteiger partial charge in [0.05, 0.1) is 12.7 Å². The largest absolute Gasteiger partial charge is 0.371 e. The Labute approximate surface area is 126 Å². The monoisotopic (exact) mass is 333 g/mol. The van der Waals surface area contributed by atoms with E-state index in [1.807, 2.05) is 24.5 Å². The molecule has 104 valence electrons. The first kappa shape index (κ1) is 13.7. The molecule has 1 saturated heterocycles. The van der Waals surface area contributed by atoms with Gasteiger partial charge in [-0.15, -0.1) is 0 Å². The lowest BCUT2D eigenvalue weighted by molar-refractivity contribution is 0.0275. The average molecular weight is 334 g/mol. The van der Waals surface area contributed by atoms with Crippen molar-refractivity contribution in [2.75, 3.05) is 19.7 Å². The van der Waals surface area contributed by atoms with Gasteiger partial charge in [-0.1, -0.05) is 6.07 Å². The highest BCUT2D eigenvalue weighted by molar-refractivity contribution is 9.10. The molecule has 0 aliphatic carbocycles. The third-order valence-electron chi connectivity index (χ3n) is 3.30. The predicted octanol–water partition coefficient (Wildman–Crippen LogP) is 2.49. The van der Waals surface area contributed by atoms with Crippen LogP contribution in [0.4, 0.5) is 0 Å². The molecule has 20 heavy (non-hydrogen) atoms. The summed E-state index contributed by atoms with van der Waals surface area (Å²) in [5.41, 5.74) is 3.17. The second-order valence-corrected chi connectivity index (χ2v) is 5.71.